The van der Waals surface area contributed by atoms with Gasteiger partial charge in [0.25, 0.3) is 0 Å². The van der Waals surface area contributed by atoms with Crippen molar-refractivity contribution in [3.8, 4) is 0 Å². The molecule has 1 N–H and O–H groups in total. The zero-order valence-corrected chi connectivity index (χ0v) is 8.55. The zero-order valence-electron chi connectivity index (χ0n) is 7.79. The number of carbonyl (C=O) groups excluding carboxylic acids is 1. The lowest BCUT2D eigenvalue weighted by molar-refractivity contribution is -0.113. The van der Waals surface area contributed by atoms with Crippen molar-refractivity contribution in [3.05, 3.63) is 29.8 Å². The maximum Gasteiger partial charge on any atom is 0.239 e. The molecule has 0 atom stereocenters. The Morgan fingerprint density at radius 3 is 2.50 bits per heavy atom. The molecular formula is C11H12ClNO. The molecule has 0 bridgehead atoms. The van der Waals surface area contributed by atoms with Crippen molar-refractivity contribution in [2.75, 3.05) is 11.2 Å². The van der Waals surface area contributed by atoms with Gasteiger partial charge in [0.1, 0.15) is 5.88 Å². The number of hydrogen-bond donors (Lipinski definition) is 1. The van der Waals surface area contributed by atoms with E-state index in [0.29, 0.717) is 0 Å². The highest BCUT2D eigenvalue weighted by Gasteiger charge is 2.22. The van der Waals surface area contributed by atoms with E-state index in [0.717, 1.165) is 11.6 Å². The van der Waals surface area contributed by atoms with Gasteiger partial charge in [0, 0.05) is 5.69 Å². The minimum absolute atomic E-state index is 0.00434. The van der Waals surface area contributed by atoms with Gasteiger partial charge in [0.2, 0.25) is 5.91 Å². The van der Waals surface area contributed by atoms with Crippen LogP contribution in [0.15, 0.2) is 24.3 Å². The summed E-state index contributed by atoms with van der Waals surface area (Å²) in [6, 6.07) is 8.00. The Bertz CT molecular complexity index is 330. The number of amides is 1. The normalized spacial score (nSPS) is 15.2. The second-order valence-electron chi connectivity index (χ2n) is 3.58. The number of hydrogen-bond acceptors (Lipinski definition) is 1. The Kier molecular flexibility index (Phi) is 2.73. The summed E-state index contributed by atoms with van der Waals surface area (Å²) >= 11 is 5.38. The van der Waals surface area contributed by atoms with Crippen molar-refractivity contribution in [1.29, 1.82) is 0 Å². The van der Waals surface area contributed by atoms with E-state index in [1.165, 1.54) is 18.4 Å². The summed E-state index contributed by atoms with van der Waals surface area (Å²) in [5.41, 5.74) is 2.19. The summed E-state index contributed by atoms with van der Waals surface area (Å²) in [6.07, 6.45) is 2.60. The number of benzene rings is 1. The molecule has 14 heavy (non-hydrogen) atoms. The molecule has 1 saturated carbocycles. The first kappa shape index (κ1) is 9.53. The molecule has 0 radical (unpaired) electrons. The molecule has 2 nitrogen and oxygen atoms in total. The maximum absolute atomic E-state index is 11.0. The van der Waals surface area contributed by atoms with Crippen molar-refractivity contribution in [2.45, 2.75) is 18.8 Å². The van der Waals surface area contributed by atoms with Crippen molar-refractivity contribution in [2.24, 2.45) is 0 Å². The van der Waals surface area contributed by atoms with Crippen LogP contribution in [0.5, 0.6) is 0 Å². The summed E-state index contributed by atoms with van der Waals surface area (Å²) < 4.78 is 0. The minimum atomic E-state index is -0.161. The summed E-state index contributed by atoms with van der Waals surface area (Å²) in [5, 5.41) is 2.71. The number of anilines is 1. The fraction of sp³-hybridized carbons (Fsp3) is 0.364. The Morgan fingerprint density at radius 1 is 1.36 bits per heavy atom. The van der Waals surface area contributed by atoms with E-state index in [9.17, 15) is 4.79 Å². The summed E-state index contributed by atoms with van der Waals surface area (Å²) in [6.45, 7) is 0. The molecule has 0 heterocycles. The van der Waals surface area contributed by atoms with Gasteiger partial charge in [0.05, 0.1) is 0 Å². The predicted octanol–water partition coefficient (Wildman–Crippen LogP) is 2.74. The SMILES string of the molecule is O=C(CCl)Nc1ccc(C2CC2)cc1. The largest absolute Gasteiger partial charge is 0.325 e. The quantitative estimate of drug-likeness (QED) is 0.763. The molecule has 0 aliphatic heterocycles. The molecule has 74 valence electrons. The average Bonchev–Trinajstić information content (AvgIpc) is 3.02. The van der Waals surface area contributed by atoms with Gasteiger partial charge in [-0.15, -0.1) is 11.6 Å². The van der Waals surface area contributed by atoms with Crippen LogP contribution in [0.1, 0.15) is 24.3 Å². The number of carbonyl (C=O) groups is 1. The molecule has 0 unspecified atom stereocenters. The van der Waals surface area contributed by atoms with E-state index in [-0.39, 0.29) is 11.8 Å². The van der Waals surface area contributed by atoms with Crippen molar-refractivity contribution < 1.29 is 4.79 Å². The fourth-order valence-electron chi connectivity index (χ4n) is 1.45. The Balaban J connectivity index is 2.02. The van der Waals surface area contributed by atoms with Crippen LogP contribution in [0, 0.1) is 0 Å². The van der Waals surface area contributed by atoms with Crippen LogP contribution in [0.2, 0.25) is 0 Å². The third-order valence-electron chi connectivity index (χ3n) is 2.36. The number of rotatable bonds is 3. The minimum Gasteiger partial charge on any atom is -0.325 e. The van der Waals surface area contributed by atoms with Crippen LogP contribution in [-0.4, -0.2) is 11.8 Å². The Labute approximate surface area is 88.3 Å². The zero-order chi connectivity index (χ0) is 9.97. The topological polar surface area (TPSA) is 29.1 Å². The van der Waals surface area contributed by atoms with Crippen LogP contribution in [-0.2, 0) is 4.79 Å². The van der Waals surface area contributed by atoms with Crippen LogP contribution >= 0.6 is 11.6 Å². The summed E-state index contributed by atoms with van der Waals surface area (Å²) in [4.78, 5) is 11.0. The molecule has 2 rings (SSSR count). The van der Waals surface area contributed by atoms with Gasteiger partial charge in [-0.05, 0) is 36.5 Å². The van der Waals surface area contributed by atoms with Gasteiger partial charge in [-0.2, -0.15) is 0 Å². The van der Waals surface area contributed by atoms with Gasteiger partial charge >= 0.3 is 0 Å². The maximum atomic E-state index is 11.0. The molecule has 1 aromatic carbocycles. The van der Waals surface area contributed by atoms with Crippen molar-refractivity contribution in [3.63, 3.8) is 0 Å². The summed E-state index contributed by atoms with van der Waals surface area (Å²) in [5.74, 6) is 0.600. The second-order valence-corrected chi connectivity index (χ2v) is 3.85. The van der Waals surface area contributed by atoms with Crippen molar-refractivity contribution in [1.82, 2.24) is 0 Å². The molecule has 1 amide bonds. The second kappa shape index (κ2) is 4.01. The molecule has 1 aliphatic rings. The summed E-state index contributed by atoms with van der Waals surface area (Å²) in [7, 11) is 0. The highest BCUT2D eigenvalue weighted by Crippen LogP contribution is 2.40. The van der Waals surface area contributed by atoms with Gasteiger partial charge in [-0.3, -0.25) is 4.79 Å². The number of alkyl halides is 1. The highest BCUT2D eigenvalue weighted by atomic mass is 35.5. The van der Waals surface area contributed by atoms with E-state index in [1.54, 1.807) is 0 Å². The van der Waals surface area contributed by atoms with Crippen molar-refractivity contribution >= 4 is 23.2 Å². The fourth-order valence-corrected chi connectivity index (χ4v) is 1.52. The lowest BCUT2D eigenvalue weighted by Gasteiger charge is -2.03. The molecule has 0 saturated heterocycles. The van der Waals surface area contributed by atoms with Crippen LogP contribution in [0.3, 0.4) is 0 Å². The first-order valence-electron chi connectivity index (χ1n) is 4.75. The first-order valence-corrected chi connectivity index (χ1v) is 5.29. The molecule has 3 heteroatoms. The lowest BCUT2D eigenvalue weighted by atomic mass is 10.1. The van der Waals surface area contributed by atoms with Gasteiger partial charge in [-0.25, -0.2) is 0 Å². The Morgan fingerprint density at radius 2 is 2.00 bits per heavy atom. The predicted molar refractivity (Wildman–Crippen MR) is 57.8 cm³/mol. The molecular weight excluding hydrogens is 198 g/mol. The average molecular weight is 210 g/mol. The van der Waals surface area contributed by atoms with E-state index < -0.39 is 0 Å². The molecule has 1 aromatic rings. The van der Waals surface area contributed by atoms with Gasteiger partial charge in [0.15, 0.2) is 0 Å². The monoisotopic (exact) mass is 209 g/mol. The molecule has 0 aromatic heterocycles. The Hall–Kier alpha value is -1.02. The van der Waals surface area contributed by atoms with E-state index in [1.807, 2.05) is 12.1 Å². The van der Waals surface area contributed by atoms with Gasteiger partial charge < -0.3 is 5.32 Å². The standard InChI is InChI=1S/C11H12ClNO/c12-7-11(14)13-10-5-3-9(4-6-10)8-1-2-8/h3-6,8H,1-2,7H2,(H,13,14). The number of nitrogens with one attached hydrogen (secondary N) is 1. The van der Waals surface area contributed by atoms with E-state index >= 15 is 0 Å². The smallest absolute Gasteiger partial charge is 0.239 e. The number of halogens is 1. The van der Waals surface area contributed by atoms with Crippen LogP contribution < -0.4 is 5.32 Å². The molecule has 1 aliphatic carbocycles. The van der Waals surface area contributed by atoms with Crippen LogP contribution in [0.25, 0.3) is 0 Å². The highest BCUT2D eigenvalue weighted by molar-refractivity contribution is 6.29. The molecule has 1 fully saturated rings. The van der Waals surface area contributed by atoms with Crippen LogP contribution in [0.4, 0.5) is 5.69 Å². The third kappa shape index (κ3) is 2.26. The lowest BCUT2D eigenvalue weighted by Crippen LogP contribution is -2.12. The first-order chi connectivity index (χ1) is 6.79. The third-order valence-corrected chi connectivity index (χ3v) is 2.61. The van der Waals surface area contributed by atoms with E-state index in [4.69, 9.17) is 11.6 Å². The molecule has 0 spiro atoms. The van der Waals surface area contributed by atoms with Gasteiger partial charge in [-0.1, -0.05) is 12.1 Å². The van der Waals surface area contributed by atoms with E-state index in [2.05, 4.69) is 17.4 Å².